The Morgan fingerprint density at radius 3 is 2.50 bits per heavy atom. The van der Waals surface area contributed by atoms with E-state index in [0.29, 0.717) is 19.6 Å². The van der Waals surface area contributed by atoms with Gasteiger partial charge in [0.05, 0.1) is 0 Å². The Kier molecular flexibility index (Phi) is 6.67. The van der Waals surface area contributed by atoms with Crippen LogP contribution in [0.1, 0.15) is 5.56 Å². The van der Waals surface area contributed by atoms with Crippen molar-refractivity contribution in [2.45, 2.75) is 6.54 Å². The molecule has 0 aliphatic rings. The van der Waals surface area contributed by atoms with E-state index in [9.17, 15) is 4.79 Å². The number of benzene rings is 1. The van der Waals surface area contributed by atoms with E-state index >= 15 is 0 Å². The largest absolute Gasteiger partial charge is 0.383 e. The zero-order chi connectivity index (χ0) is 15.8. The lowest BCUT2D eigenvalue weighted by atomic mass is 10.2. The standard InChI is InChI=1S/C15H16Br2N4O/c16-13-2-1-11(9-14(13)17)10-21-15(22)20-8-7-19-12-3-5-18-6-4-12/h1-6,9H,7-8,10H2,(H,18,19)(H2,20,21,22). The predicted octanol–water partition coefficient (Wildman–Crippen LogP) is 3.52. The normalized spacial score (nSPS) is 10.1. The maximum atomic E-state index is 11.7. The zero-order valence-electron chi connectivity index (χ0n) is 11.8. The second-order valence-electron chi connectivity index (χ2n) is 4.52. The highest BCUT2D eigenvalue weighted by atomic mass is 79.9. The zero-order valence-corrected chi connectivity index (χ0v) is 14.9. The summed E-state index contributed by atoms with van der Waals surface area (Å²) < 4.78 is 1.96. The van der Waals surface area contributed by atoms with Crippen molar-refractivity contribution in [3.63, 3.8) is 0 Å². The Hall–Kier alpha value is -1.60. The smallest absolute Gasteiger partial charge is 0.315 e. The van der Waals surface area contributed by atoms with Gasteiger partial charge in [-0.15, -0.1) is 0 Å². The molecule has 2 aromatic rings. The van der Waals surface area contributed by atoms with Crippen LogP contribution in [0, 0.1) is 0 Å². The first-order valence-electron chi connectivity index (χ1n) is 6.74. The summed E-state index contributed by atoms with van der Waals surface area (Å²) in [6, 6.07) is 9.44. The average molecular weight is 428 g/mol. The monoisotopic (exact) mass is 426 g/mol. The van der Waals surface area contributed by atoms with Crippen LogP contribution in [0.3, 0.4) is 0 Å². The molecule has 0 atom stereocenters. The van der Waals surface area contributed by atoms with Crippen molar-refractivity contribution in [1.29, 1.82) is 0 Å². The first kappa shape index (κ1) is 16.8. The molecule has 0 aliphatic heterocycles. The van der Waals surface area contributed by atoms with Crippen LogP contribution in [0.4, 0.5) is 10.5 Å². The first-order valence-corrected chi connectivity index (χ1v) is 8.33. The van der Waals surface area contributed by atoms with Gasteiger partial charge < -0.3 is 16.0 Å². The minimum atomic E-state index is -0.185. The van der Waals surface area contributed by atoms with Gasteiger partial charge in [0.15, 0.2) is 0 Å². The second-order valence-corrected chi connectivity index (χ2v) is 6.23. The summed E-state index contributed by atoms with van der Waals surface area (Å²) in [4.78, 5) is 15.6. The third-order valence-corrected chi connectivity index (χ3v) is 4.74. The predicted molar refractivity (Wildman–Crippen MR) is 94.8 cm³/mol. The van der Waals surface area contributed by atoms with E-state index in [1.807, 2.05) is 30.3 Å². The molecule has 0 aliphatic carbocycles. The van der Waals surface area contributed by atoms with Gasteiger partial charge in [-0.25, -0.2) is 4.79 Å². The summed E-state index contributed by atoms with van der Waals surface area (Å²) in [6.45, 7) is 1.68. The van der Waals surface area contributed by atoms with Crippen LogP contribution in [0.5, 0.6) is 0 Å². The number of halogens is 2. The average Bonchev–Trinajstić information content (AvgIpc) is 2.54. The molecule has 1 aromatic heterocycles. The fourth-order valence-electron chi connectivity index (χ4n) is 1.75. The third kappa shape index (κ3) is 5.65. The summed E-state index contributed by atoms with van der Waals surface area (Å²) in [5, 5.41) is 8.81. The van der Waals surface area contributed by atoms with Gasteiger partial charge in [-0.05, 0) is 61.7 Å². The number of pyridine rings is 1. The van der Waals surface area contributed by atoms with Crippen LogP contribution in [0.25, 0.3) is 0 Å². The summed E-state index contributed by atoms with van der Waals surface area (Å²) in [5.74, 6) is 0. The van der Waals surface area contributed by atoms with Crippen LogP contribution in [-0.2, 0) is 6.54 Å². The minimum absolute atomic E-state index is 0.185. The van der Waals surface area contributed by atoms with E-state index in [2.05, 4.69) is 52.8 Å². The number of hydrogen-bond acceptors (Lipinski definition) is 3. The number of nitrogens with one attached hydrogen (secondary N) is 3. The van der Waals surface area contributed by atoms with Gasteiger partial charge in [0.2, 0.25) is 0 Å². The van der Waals surface area contributed by atoms with Gasteiger partial charge in [0.1, 0.15) is 0 Å². The number of hydrogen-bond donors (Lipinski definition) is 3. The lowest BCUT2D eigenvalue weighted by molar-refractivity contribution is 0.241. The number of rotatable bonds is 6. The number of nitrogens with zero attached hydrogens (tertiary/aromatic N) is 1. The van der Waals surface area contributed by atoms with E-state index in [0.717, 1.165) is 20.2 Å². The molecule has 2 amide bonds. The molecule has 1 aromatic carbocycles. The molecule has 5 nitrogen and oxygen atoms in total. The first-order chi connectivity index (χ1) is 10.6. The minimum Gasteiger partial charge on any atom is -0.383 e. The molecular formula is C15H16Br2N4O. The molecule has 7 heteroatoms. The van der Waals surface area contributed by atoms with Crippen molar-refractivity contribution in [2.24, 2.45) is 0 Å². The van der Waals surface area contributed by atoms with Crippen molar-refractivity contribution in [2.75, 3.05) is 18.4 Å². The summed E-state index contributed by atoms with van der Waals surface area (Å²) >= 11 is 6.85. The molecule has 0 bridgehead atoms. The number of urea groups is 1. The Labute approximate surface area is 146 Å². The van der Waals surface area contributed by atoms with E-state index in [4.69, 9.17) is 0 Å². The Bertz CT molecular complexity index is 622. The molecule has 116 valence electrons. The van der Waals surface area contributed by atoms with E-state index in [-0.39, 0.29) is 6.03 Å². The van der Waals surface area contributed by atoms with Crippen LogP contribution >= 0.6 is 31.9 Å². The maximum Gasteiger partial charge on any atom is 0.315 e. The highest BCUT2D eigenvalue weighted by Gasteiger charge is 2.02. The van der Waals surface area contributed by atoms with Crippen molar-refractivity contribution in [3.05, 3.63) is 57.2 Å². The van der Waals surface area contributed by atoms with E-state index < -0.39 is 0 Å². The van der Waals surface area contributed by atoms with Crippen LogP contribution in [0.2, 0.25) is 0 Å². The van der Waals surface area contributed by atoms with Gasteiger partial charge in [-0.2, -0.15) is 0 Å². The highest BCUT2D eigenvalue weighted by Crippen LogP contribution is 2.23. The Morgan fingerprint density at radius 1 is 1.00 bits per heavy atom. The number of carbonyl (C=O) groups is 1. The van der Waals surface area contributed by atoms with Gasteiger partial charge in [-0.1, -0.05) is 6.07 Å². The molecule has 0 spiro atoms. The molecule has 0 saturated heterocycles. The summed E-state index contributed by atoms with van der Waals surface area (Å²) in [6.07, 6.45) is 3.44. The molecule has 22 heavy (non-hydrogen) atoms. The summed E-state index contributed by atoms with van der Waals surface area (Å²) in [7, 11) is 0. The van der Waals surface area contributed by atoms with Crippen LogP contribution in [-0.4, -0.2) is 24.1 Å². The quantitative estimate of drug-likeness (QED) is 0.618. The van der Waals surface area contributed by atoms with Crippen molar-refractivity contribution in [3.8, 4) is 0 Å². The van der Waals surface area contributed by atoms with E-state index in [1.165, 1.54) is 0 Å². The SMILES string of the molecule is O=C(NCCNc1ccncc1)NCc1ccc(Br)c(Br)c1. The molecule has 0 unspecified atom stereocenters. The van der Waals surface area contributed by atoms with Gasteiger partial charge in [0, 0.05) is 46.7 Å². The lowest BCUT2D eigenvalue weighted by Crippen LogP contribution is -2.37. The van der Waals surface area contributed by atoms with Crippen molar-refractivity contribution < 1.29 is 4.79 Å². The topological polar surface area (TPSA) is 66.0 Å². The van der Waals surface area contributed by atoms with Gasteiger partial charge in [-0.3, -0.25) is 4.98 Å². The Balaban J connectivity index is 1.64. The van der Waals surface area contributed by atoms with Crippen molar-refractivity contribution in [1.82, 2.24) is 15.6 Å². The molecule has 0 saturated carbocycles. The molecule has 1 heterocycles. The maximum absolute atomic E-state index is 11.7. The number of anilines is 1. The van der Waals surface area contributed by atoms with Crippen molar-refractivity contribution >= 4 is 43.6 Å². The molecule has 2 rings (SSSR count). The fraction of sp³-hybridized carbons (Fsp3) is 0.200. The second kappa shape index (κ2) is 8.75. The highest BCUT2D eigenvalue weighted by molar-refractivity contribution is 9.13. The summed E-state index contributed by atoms with van der Waals surface area (Å²) in [5.41, 5.74) is 2.01. The molecule has 0 radical (unpaired) electrons. The van der Waals surface area contributed by atoms with Crippen LogP contribution in [0.15, 0.2) is 51.7 Å². The van der Waals surface area contributed by atoms with Gasteiger partial charge >= 0.3 is 6.03 Å². The number of aromatic nitrogens is 1. The fourth-order valence-corrected chi connectivity index (χ4v) is 2.42. The lowest BCUT2D eigenvalue weighted by Gasteiger charge is -2.09. The van der Waals surface area contributed by atoms with E-state index in [1.54, 1.807) is 12.4 Å². The van der Waals surface area contributed by atoms with Gasteiger partial charge in [0.25, 0.3) is 0 Å². The number of amides is 2. The molecular weight excluding hydrogens is 412 g/mol. The third-order valence-electron chi connectivity index (χ3n) is 2.86. The Morgan fingerprint density at radius 2 is 1.77 bits per heavy atom. The molecule has 0 fully saturated rings. The molecule has 3 N–H and O–H groups in total. The van der Waals surface area contributed by atoms with Crippen LogP contribution < -0.4 is 16.0 Å². The number of carbonyl (C=O) groups excluding carboxylic acids is 1.